The molecular formula is C47H97N3O. The topological polar surface area (TPSA) is 67.2 Å². The molecule has 1 amide bonds. The van der Waals surface area contributed by atoms with Gasteiger partial charge in [0, 0.05) is 6.42 Å². The molecule has 0 rings (SSSR count). The number of nitrogens with one attached hydrogen (secondary N) is 2. The predicted octanol–water partition coefficient (Wildman–Crippen LogP) is 14.7. The quantitative estimate of drug-likeness (QED) is 0.0549. The van der Waals surface area contributed by atoms with Crippen LogP contribution in [0.3, 0.4) is 0 Å². The summed E-state index contributed by atoms with van der Waals surface area (Å²) in [7, 11) is 0. The van der Waals surface area contributed by atoms with E-state index in [0.29, 0.717) is 6.42 Å². The fourth-order valence-corrected chi connectivity index (χ4v) is 7.66. The first-order chi connectivity index (χ1) is 25.3. The summed E-state index contributed by atoms with van der Waals surface area (Å²) in [6, 6.07) is 0. The van der Waals surface area contributed by atoms with Crippen molar-refractivity contribution in [2.45, 2.75) is 270 Å². The molecule has 0 aromatic carbocycles. The third-order valence-electron chi connectivity index (χ3n) is 11.2. The molecule has 0 saturated heterocycles. The van der Waals surface area contributed by atoms with E-state index in [1.807, 2.05) is 0 Å². The Morgan fingerprint density at radius 1 is 0.294 bits per heavy atom. The summed E-state index contributed by atoms with van der Waals surface area (Å²) in [5, 5.41) is 7.11. The fourth-order valence-electron chi connectivity index (χ4n) is 7.66. The normalized spacial score (nSPS) is 11.5. The number of hydrogen-bond acceptors (Lipinski definition) is 3. The van der Waals surface area contributed by atoms with Gasteiger partial charge in [-0.1, -0.05) is 232 Å². The number of carbonyl (C=O) groups is 1. The first-order valence-electron chi connectivity index (χ1n) is 24.0. The van der Waals surface area contributed by atoms with Crippen LogP contribution in [0.1, 0.15) is 270 Å². The number of unbranched alkanes of at least 4 members (excludes halogenated alkanes) is 37. The lowest BCUT2D eigenvalue weighted by Gasteiger charge is -2.06. The van der Waals surface area contributed by atoms with Crippen LogP contribution in [0.25, 0.3) is 0 Å². The van der Waals surface area contributed by atoms with Crippen LogP contribution in [0.5, 0.6) is 0 Å². The van der Waals surface area contributed by atoms with Gasteiger partial charge in [0.25, 0.3) is 0 Å². The van der Waals surface area contributed by atoms with Crippen molar-refractivity contribution < 1.29 is 4.79 Å². The molecular weight excluding hydrogens is 623 g/mol. The Morgan fingerprint density at radius 3 is 0.667 bits per heavy atom. The summed E-state index contributed by atoms with van der Waals surface area (Å²) in [6.07, 6.45) is 57.3. The molecule has 0 spiro atoms. The highest BCUT2D eigenvalue weighted by molar-refractivity contribution is 5.73. The number of amides is 1. The Balaban J connectivity index is 3.05. The number of rotatable bonds is 47. The summed E-state index contributed by atoms with van der Waals surface area (Å²) in [6.45, 7) is 6.99. The van der Waals surface area contributed by atoms with E-state index in [1.54, 1.807) is 0 Å². The Hall–Kier alpha value is -0.610. The van der Waals surface area contributed by atoms with E-state index in [0.717, 1.165) is 19.4 Å². The van der Waals surface area contributed by atoms with E-state index in [1.165, 1.54) is 264 Å². The van der Waals surface area contributed by atoms with Crippen molar-refractivity contribution >= 4 is 5.91 Å². The summed E-state index contributed by atoms with van der Waals surface area (Å²) in [5.74, 6) is -0.159. The Labute approximate surface area is 322 Å². The van der Waals surface area contributed by atoms with Crippen LogP contribution >= 0.6 is 0 Å². The van der Waals surface area contributed by atoms with Gasteiger partial charge < -0.3 is 16.4 Å². The van der Waals surface area contributed by atoms with Crippen molar-refractivity contribution in [1.29, 1.82) is 0 Å². The van der Waals surface area contributed by atoms with Crippen molar-refractivity contribution in [3.05, 3.63) is 0 Å². The van der Waals surface area contributed by atoms with E-state index < -0.39 is 0 Å². The summed E-state index contributed by atoms with van der Waals surface area (Å²) in [4.78, 5) is 10.7. The summed E-state index contributed by atoms with van der Waals surface area (Å²) < 4.78 is 0. The lowest BCUT2D eigenvalue weighted by Crippen LogP contribution is -2.16. The summed E-state index contributed by atoms with van der Waals surface area (Å²) >= 11 is 0. The highest BCUT2D eigenvalue weighted by Gasteiger charge is 1.99. The molecule has 4 nitrogen and oxygen atoms in total. The second-order valence-corrected chi connectivity index (χ2v) is 16.5. The van der Waals surface area contributed by atoms with Crippen molar-refractivity contribution in [3.63, 3.8) is 0 Å². The van der Waals surface area contributed by atoms with Gasteiger partial charge in [-0.05, 0) is 58.3 Å². The molecule has 0 aliphatic rings. The van der Waals surface area contributed by atoms with Gasteiger partial charge in [0.2, 0.25) is 5.91 Å². The van der Waals surface area contributed by atoms with Crippen LogP contribution in [0.4, 0.5) is 0 Å². The Morgan fingerprint density at radius 2 is 0.471 bits per heavy atom. The largest absolute Gasteiger partial charge is 0.370 e. The van der Waals surface area contributed by atoms with Gasteiger partial charge in [0.05, 0.1) is 0 Å². The SMILES string of the molecule is CCCNCCCCCCCCCCCCCCCCCCCCCCCCCCCCCCCCCCCCNCCCCCCCC(N)=O. The van der Waals surface area contributed by atoms with Crippen LogP contribution in [0.15, 0.2) is 0 Å². The zero-order chi connectivity index (χ0) is 36.8. The zero-order valence-corrected chi connectivity index (χ0v) is 35.3. The molecule has 0 radical (unpaired) electrons. The molecule has 0 saturated carbocycles. The standard InChI is InChI=1S/C47H97N3O/c1-2-43-49-44-39-35-31-29-27-25-23-21-19-17-15-13-11-9-7-5-3-4-6-8-10-12-14-16-18-20-22-24-26-28-30-32-36-40-45-50-46-41-37-33-34-38-42-47(48)51/h49-50H,2-46H2,1H3,(H2,48,51). The van der Waals surface area contributed by atoms with Gasteiger partial charge in [-0.15, -0.1) is 0 Å². The molecule has 0 atom stereocenters. The molecule has 0 unspecified atom stereocenters. The monoisotopic (exact) mass is 720 g/mol. The third kappa shape index (κ3) is 49.4. The van der Waals surface area contributed by atoms with Crippen molar-refractivity contribution in [2.75, 3.05) is 26.2 Å². The number of primary amides is 1. The average Bonchev–Trinajstić information content (AvgIpc) is 3.13. The Bertz CT molecular complexity index is 627. The van der Waals surface area contributed by atoms with Gasteiger partial charge in [-0.25, -0.2) is 0 Å². The van der Waals surface area contributed by atoms with Crippen LogP contribution in [-0.4, -0.2) is 32.1 Å². The minimum Gasteiger partial charge on any atom is -0.370 e. The Kier molecular flexibility index (Phi) is 46.8. The molecule has 0 aliphatic heterocycles. The second kappa shape index (κ2) is 47.4. The lowest BCUT2D eigenvalue weighted by atomic mass is 10.0. The summed E-state index contributed by atoms with van der Waals surface area (Å²) in [5.41, 5.74) is 5.18. The second-order valence-electron chi connectivity index (χ2n) is 16.5. The van der Waals surface area contributed by atoms with E-state index >= 15 is 0 Å². The first kappa shape index (κ1) is 50.4. The molecule has 4 N–H and O–H groups in total. The molecule has 51 heavy (non-hydrogen) atoms. The van der Waals surface area contributed by atoms with Crippen molar-refractivity contribution in [1.82, 2.24) is 10.6 Å². The van der Waals surface area contributed by atoms with Crippen molar-refractivity contribution in [3.8, 4) is 0 Å². The number of carbonyl (C=O) groups excluding carboxylic acids is 1. The minimum atomic E-state index is -0.159. The maximum Gasteiger partial charge on any atom is 0.217 e. The van der Waals surface area contributed by atoms with Gasteiger partial charge in [0.15, 0.2) is 0 Å². The molecule has 0 bridgehead atoms. The predicted molar refractivity (Wildman–Crippen MR) is 230 cm³/mol. The van der Waals surface area contributed by atoms with Gasteiger partial charge in [-0.2, -0.15) is 0 Å². The molecule has 4 heteroatoms. The van der Waals surface area contributed by atoms with Gasteiger partial charge in [0.1, 0.15) is 0 Å². The highest BCUT2D eigenvalue weighted by Crippen LogP contribution is 2.17. The van der Waals surface area contributed by atoms with Crippen molar-refractivity contribution in [2.24, 2.45) is 5.73 Å². The van der Waals surface area contributed by atoms with E-state index in [9.17, 15) is 4.79 Å². The van der Waals surface area contributed by atoms with Crippen LogP contribution < -0.4 is 16.4 Å². The number of hydrogen-bond donors (Lipinski definition) is 3. The molecule has 0 fully saturated rings. The molecule has 306 valence electrons. The smallest absolute Gasteiger partial charge is 0.217 e. The van der Waals surface area contributed by atoms with E-state index in [2.05, 4.69) is 17.6 Å². The zero-order valence-electron chi connectivity index (χ0n) is 35.3. The van der Waals surface area contributed by atoms with Gasteiger partial charge >= 0.3 is 0 Å². The maximum atomic E-state index is 10.7. The van der Waals surface area contributed by atoms with Crippen LogP contribution in [0.2, 0.25) is 0 Å². The average molecular weight is 720 g/mol. The van der Waals surface area contributed by atoms with E-state index in [4.69, 9.17) is 5.73 Å². The molecule has 0 aromatic rings. The number of nitrogens with two attached hydrogens (primary N) is 1. The lowest BCUT2D eigenvalue weighted by molar-refractivity contribution is -0.118. The van der Waals surface area contributed by atoms with Crippen LogP contribution in [-0.2, 0) is 4.79 Å². The highest BCUT2D eigenvalue weighted by atomic mass is 16.1. The minimum absolute atomic E-state index is 0.159. The molecule has 0 aromatic heterocycles. The fraction of sp³-hybridized carbons (Fsp3) is 0.979. The van der Waals surface area contributed by atoms with E-state index in [-0.39, 0.29) is 5.91 Å². The third-order valence-corrected chi connectivity index (χ3v) is 11.2. The molecule has 0 heterocycles. The molecule has 0 aliphatic carbocycles. The van der Waals surface area contributed by atoms with Gasteiger partial charge in [-0.3, -0.25) is 4.79 Å². The maximum absolute atomic E-state index is 10.7. The first-order valence-corrected chi connectivity index (χ1v) is 24.0. The van der Waals surface area contributed by atoms with Crippen LogP contribution in [0, 0.1) is 0 Å².